The number of nitrogens with zero attached hydrogens (tertiary/aromatic N) is 2. The molecular weight excluding hydrogens is 776 g/mol. The average Bonchev–Trinajstić information content (AvgIpc) is 2.97. The Morgan fingerprint density at radius 1 is 0.667 bits per heavy atom. The van der Waals surface area contributed by atoms with Crippen molar-refractivity contribution in [3.8, 4) is 22.5 Å². The highest BCUT2D eigenvalue weighted by Crippen LogP contribution is 2.38. The third kappa shape index (κ3) is 9.99. The lowest BCUT2D eigenvalue weighted by atomic mass is 9.98. The van der Waals surface area contributed by atoms with Crippen LogP contribution in [-0.2, 0) is 12.4 Å². The van der Waals surface area contributed by atoms with Crippen molar-refractivity contribution in [3.05, 3.63) is 117 Å². The maximum absolute atomic E-state index is 14.8. The molecule has 4 aromatic rings. The quantitative estimate of drug-likeness (QED) is 0.122. The fraction of sp³-hybridized carbons (Fsp3) is 0.176. The molecule has 0 aliphatic heterocycles. The number of benzene rings is 2. The van der Waals surface area contributed by atoms with Gasteiger partial charge >= 0.3 is 12.4 Å². The van der Waals surface area contributed by atoms with Crippen molar-refractivity contribution in [2.45, 2.75) is 40.0 Å². The van der Waals surface area contributed by atoms with E-state index in [2.05, 4.69) is 61.6 Å². The Labute approximate surface area is 289 Å². The van der Waals surface area contributed by atoms with Gasteiger partial charge in [0, 0.05) is 16.7 Å². The van der Waals surface area contributed by atoms with Gasteiger partial charge in [0.15, 0.2) is 11.6 Å². The molecule has 0 aliphatic rings. The third-order valence-electron chi connectivity index (χ3n) is 6.00. The van der Waals surface area contributed by atoms with E-state index in [1.54, 1.807) is 13.8 Å². The second kappa shape index (κ2) is 15.9. The van der Waals surface area contributed by atoms with Crippen molar-refractivity contribution < 1.29 is 35.1 Å². The lowest BCUT2D eigenvalue weighted by Gasteiger charge is -2.16. The fourth-order valence-corrected chi connectivity index (χ4v) is 4.92. The molecule has 0 spiro atoms. The van der Waals surface area contributed by atoms with Crippen molar-refractivity contribution in [1.29, 1.82) is 0 Å². The molecule has 0 unspecified atom stereocenters. The lowest BCUT2D eigenvalue weighted by Crippen LogP contribution is -2.08. The molecule has 2 heterocycles. The molecule has 0 amide bonds. The molecule has 4 rings (SSSR count). The zero-order valence-electron chi connectivity index (χ0n) is 26.1. The van der Waals surface area contributed by atoms with Crippen molar-refractivity contribution in [2.24, 2.45) is 0 Å². The minimum atomic E-state index is -4.53. The van der Waals surface area contributed by atoms with Crippen LogP contribution < -0.4 is 11.5 Å². The minimum absolute atomic E-state index is 0.00678. The number of aromatic nitrogens is 2. The monoisotopic (exact) mass is 804 g/mol. The van der Waals surface area contributed by atoms with E-state index in [1.807, 2.05) is 13.8 Å². The first-order chi connectivity index (χ1) is 22.0. The van der Waals surface area contributed by atoms with Crippen molar-refractivity contribution in [2.75, 3.05) is 11.5 Å². The van der Waals surface area contributed by atoms with E-state index in [1.165, 1.54) is 29.8 Å². The standard InChI is InChI=1S/C18H16F4N2.C12H6Br2F4N2.C4H8/c1-9(2)13-14(19)17(24-16(10(3)4)15(13)23)11-6-5-7-12(8-11)18(20,21)22;13-7-8(15)10(20-11(14)9(7)19)5-2-1-3-6(4-5)12(16,17)18;1-4(2)3/h5-8H,1,3,23H2,2,4H3;1-4H,19H2;1H2,2-3H3. The molecule has 256 valence electrons. The van der Waals surface area contributed by atoms with Crippen LogP contribution >= 0.6 is 31.9 Å². The summed E-state index contributed by atoms with van der Waals surface area (Å²) in [6.07, 6.45) is -9.04. The van der Waals surface area contributed by atoms with Crippen molar-refractivity contribution in [3.63, 3.8) is 0 Å². The predicted molar refractivity (Wildman–Crippen MR) is 183 cm³/mol. The minimum Gasteiger partial charge on any atom is -0.396 e. The van der Waals surface area contributed by atoms with E-state index in [4.69, 9.17) is 11.5 Å². The van der Waals surface area contributed by atoms with E-state index in [0.29, 0.717) is 11.1 Å². The molecule has 0 fully saturated rings. The highest BCUT2D eigenvalue weighted by atomic mass is 79.9. The Bertz CT molecular complexity index is 1860. The summed E-state index contributed by atoms with van der Waals surface area (Å²) in [7, 11) is 0. The molecule has 4 nitrogen and oxygen atoms in total. The van der Waals surface area contributed by atoms with Gasteiger partial charge in [-0.2, -0.15) is 26.3 Å². The summed E-state index contributed by atoms with van der Waals surface area (Å²) < 4.78 is 106. The Morgan fingerprint density at radius 2 is 1.08 bits per heavy atom. The van der Waals surface area contributed by atoms with Crippen molar-refractivity contribution in [1.82, 2.24) is 9.97 Å². The smallest absolute Gasteiger partial charge is 0.396 e. The van der Waals surface area contributed by atoms with Crippen LogP contribution in [0.1, 0.15) is 50.1 Å². The van der Waals surface area contributed by atoms with Gasteiger partial charge in [-0.3, -0.25) is 0 Å². The molecule has 0 bridgehead atoms. The van der Waals surface area contributed by atoms with Crippen LogP contribution in [-0.4, -0.2) is 9.97 Å². The maximum atomic E-state index is 14.8. The summed E-state index contributed by atoms with van der Waals surface area (Å²) in [4.78, 5) is 7.95. The second-order valence-corrected chi connectivity index (χ2v) is 12.2. The van der Waals surface area contributed by atoms with Crippen molar-refractivity contribution >= 4 is 54.4 Å². The van der Waals surface area contributed by atoms with E-state index in [0.717, 1.165) is 24.3 Å². The topological polar surface area (TPSA) is 77.8 Å². The Kier molecular flexibility index (Phi) is 13.3. The first kappa shape index (κ1) is 40.1. The summed E-state index contributed by atoms with van der Waals surface area (Å²) in [6, 6.07) is 8.61. The largest absolute Gasteiger partial charge is 0.416 e. The molecule has 14 heteroatoms. The molecule has 0 radical (unpaired) electrons. The summed E-state index contributed by atoms with van der Waals surface area (Å²) in [5, 5.41) is 0. The zero-order chi connectivity index (χ0) is 36.9. The first-order valence-corrected chi connectivity index (χ1v) is 15.2. The van der Waals surface area contributed by atoms with Crippen LogP contribution in [0, 0.1) is 11.6 Å². The Balaban J connectivity index is 0.000000304. The van der Waals surface area contributed by atoms with E-state index in [9.17, 15) is 35.1 Å². The molecule has 48 heavy (non-hydrogen) atoms. The predicted octanol–water partition coefficient (Wildman–Crippen LogP) is 12.2. The number of pyridine rings is 2. The molecule has 0 saturated carbocycles. The fourth-order valence-electron chi connectivity index (χ4n) is 3.91. The summed E-state index contributed by atoms with van der Waals surface area (Å²) in [5.74, 6) is -1.62. The average molecular weight is 806 g/mol. The van der Waals surface area contributed by atoms with Gasteiger partial charge in [0.25, 0.3) is 0 Å². The number of nitrogen functional groups attached to an aromatic ring is 2. The summed E-state index contributed by atoms with van der Waals surface area (Å²) in [6.45, 7) is 18.1. The zero-order valence-corrected chi connectivity index (χ0v) is 29.2. The number of hydrogen-bond donors (Lipinski definition) is 2. The number of alkyl halides is 6. The normalized spacial score (nSPS) is 11.1. The number of rotatable bonds is 4. The van der Waals surface area contributed by atoms with Crippen LogP contribution in [0.3, 0.4) is 0 Å². The number of hydrogen-bond acceptors (Lipinski definition) is 4. The highest BCUT2D eigenvalue weighted by Gasteiger charge is 2.32. The molecular formula is C34H30Br2F8N4. The van der Waals surface area contributed by atoms with Gasteiger partial charge in [-0.25, -0.2) is 18.7 Å². The number of anilines is 2. The van der Waals surface area contributed by atoms with Gasteiger partial charge < -0.3 is 11.5 Å². The second-order valence-electron chi connectivity index (χ2n) is 10.6. The molecule has 2 aromatic carbocycles. The van der Waals surface area contributed by atoms with E-state index in [-0.39, 0.29) is 54.2 Å². The lowest BCUT2D eigenvalue weighted by molar-refractivity contribution is -0.138. The summed E-state index contributed by atoms with van der Waals surface area (Å²) in [5.41, 5.74) is 11.7. The SMILES string of the molecule is C=C(C)C.C=C(C)c1nc(-c2cccc(C(F)(F)F)c2)c(F)c(C(=C)C)c1N.Nc1c(Br)nc(-c2cccc(C(F)(F)F)c2)c(F)c1Br. The number of allylic oxidation sites excluding steroid dienone is 3. The number of nitrogens with two attached hydrogens (primary N) is 2. The van der Waals surface area contributed by atoms with Crippen LogP contribution in [0.5, 0.6) is 0 Å². The van der Waals surface area contributed by atoms with Gasteiger partial charge in [0.2, 0.25) is 0 Å². The van der Waals surface area contributed by atoms with Crippen LogP contribution in [0.2, 0.25) is 0 Å². The van der Waals surface area contributed by atoms with Gasteiger partial charge in [-0.05, 0) is 95.0 Å². The van der Waals surface area contributed by atoms with Crippen LogP contribution in [0.25, 0.3) is 33.7 Å². The Morgan fingerprint density at radius 3 is 1.46 bits per heavy atom. The Hall–Kier alpha value is -4.04. The van der Waals surface area contributed by atoms with E-state index < -0.39 is 35.1 Å². The van der Waals surface area contributed by atoms with Gasteiger partial charge in [0.05, 0.1) is 32.7 Å². The van der Waals surface area contributed by atoms with E-state index >= 15 is 0 Å². The summed E-state index contributed by atoms with van der Waals surface area (Å²) >= 11 is 5.98. The highest BCUT2D eigenvalue weighted by molar-refractivity contribution is 9.11. The first-order valence-electron chi connectivity index (χ1n) is 13.6. The molecule has 0 atom stereocenters. The van der Waals surface area contributed by atoms with Gasteiger partial charge in [0.1, 0.15) is 16.0 Å². The molecule has 0 aliphatic carbocycles. The van der Waals surface area contributed by atoms with Crippen LogP contribution in [0.4, 0.5) is 46.5 Å². The number of halogens is 10. The molecule has 0 saturated heterocycles. The van der Waals surface area contributed by atoms with Gasteiger partial charge in [-0.15, -0.1) is 6.58 Å². The van der Waals surface area contributed by atoms with Crippen LogP contribution in [0.15, 0.2) is 82.9 Å². The third-order valence-corrected chi connectivity index (χ3v) is 7.38. The molecule has 2 aromatic heterocycles. The van der Waals surface area contributed by atoms with Gasteiger partial charge in [-0.1, -0.05) is 43.0 Å². The molecule has 4 N–H and O–H groups in total. The maximum Gasteiger partial charge on any atom is 0.416 e.